The summed E-state index contributed by atoms with van der Waals surface area (Å²) >= 11 is 0. The molecule has 0 aromatic carbocycles. The minimum atomic E-state index is -0.815. The Morgan fingerprint density at radius 1 is 1.47 bits per heavy atom. The van der Waals surface area contributed by atoms with Gasteiger partial charge in [-0.15, -0.1) is 15.2 Å². The zero-order valence-corrected chi connectivity index (χ0v) is 9.96. The Morgan fingerprint density at radius 2 is 2.24 bits per heavy atom. The van der Waals surface area contributed by atoms with Gasteiger partial charge in [0.2, 0.25) is 0 Å². The summed E-state index contributed by atoms with van der Waals surface area (Å²) in [6.07, 6.45) is 3.96. The van der Waals surface area contributed by atoms with Crippen LogP contribution in [-0.2, 0) is 14.5 Å². The Hall–Kier alpha value is -1.37. The van der Waals surface area contributed by atoms with Crippen molar-refractivity contribution in [2.75, 3.05) is 13.2 Å². The number of nitrogens with zero attached hydrogens (tertiary/aromatic N) is 2. The van der Waals surface area contributed by atoms with Crippen LogP contribution in [0.2, 0.25) is 0 Å². The van der Waals surface area contributed by atoms with Gasteiger partial charge in [0, 0.05) is 13.0 Å². The maximum Gasteiger partial charge on any atom is 0.324 e. The summed E-state index contributed by atoms with van der Waals surface area (Å²) in [6.45, 7) is 2.27. The van der Waals surface area contributed by atoms with E-state index in [0.29, 0.717) is 13.0 Å². The minimum Gasteiger partial charge on any atom is -0.368 e. The van der Waals surface area contributed by atoms with Gasteiger partial charge >= 0.3 is 5.97 Å². The molecule has 0 bridgehead atoms. The van der Waals surface area contributed by atoms with Crippen LogP contribution < -0.4 is 0 Å². The average Bonchev–Trinajstić information content (AvgIpc) is 2.51. The first-order chi connectivity index (χ1) is 8.13. The van der Waals surface area contributed by atoms with E-state index in [4.69, 9.17) is 4.84 Å². The molecular formula is C10H18N2O5. The number of carbonyl (C=O) groups excluding carboxylic acids is 1. The molecule has 1 heterocycles. The fraction of sp³-hybridized carbons (Fsp3) is 0.900. The Bertz CT molecular complexity index is 271. The van der Waals surface area contributed by atoms with E-state index < -0.39 is 5.09 Å². The molecule has 1 rings (SSSR count). The third-order valence-corrected chi connectivity index (χ3v) is 2.70. The first kappa shape index (κ1) is 13.7. The quantitative estimate of drug-likeness (QED) is 0.537. The van der Waals surface area contributed by atoms with E-state index in [1.165, 1.54) is 5.06 Å². The Morgan fingerprint density at radius 3 is 2.88 bits per heavy atom. The molecule has 0 aromatic heterocycles. The van der Waals surface area contributed by atoms with Crippen LogP contribution in [0, 0.1) is 10.1 Å². The highest BCUT2D eigenvalue weighted by molar-refractivity contribution is 5.68. The lowest BCUT2D eigenvalue weighted by molar-refractivity contribution is -0.759. The zero-order chi connectivity index (χ0) is 12.7. The van der Waals surface area contributed by atoms with E-state index in [2.05, 4.69) is 4.84 Å². The highest BCUT2D eigenvalue weighted by Crippen LogP contribution is 2.17. The van der Waals surface area contributed by atoms with E-state index >= 15 is 0 Å². The number of hydrogen-bond acceptors (Lipinski definition) is 6. The molecule has 17 heavy (non-hydrogen) atoms. The van der Waals surface area contributed by atoms with Crippen LogP contribution in [0.4, 0.5) is 0 Å². The van der Waals surface area contributed by atoms with Gasteiger partial charge in [-0.05, 0) is 12.8 Å². The molecule has 7 heteroatoms. The summed E-state index contributed by atoms with van der Waals surface area (Å²) in [7, 11) is 0. The lowest BCUT2D eigenvalue weighted by Gasteiger charge is -2.27. The second kappa shape index (κ2) is 7.05. The monoisotopic (exact) mass is 246 g/mol. The van der Waals surface area contributed by atoms with Gasteiger partial charge in [-0.25, -0.2) is 0 Å². The van der Waals surface area contributed by atoms with E-state index in [9.17, 15) is 14.9 Å². The van der Waals surface area contributed by atoms with Gasteiger partial charge in [-0.1, -0.05) is 19.8 Å². The van der Waals surface area contributed by atoms with Gasteiger partial charge in [0.25, 0.3) is 5.09 Å². The van der Waals surface area contributed by atoms with Crippen molar-refractivity contribution in [3.63, 3.8) is 0 Å². The van der Waals surface area contributed by atoms with Gasteiger partial charge in [-0.3, -0.25) is 4.79 Å². The highest BCUT2D eigenvalue weighted by atomic mass is 17.0. The maximum atomic E-state index is 11.2. The highest BCUT2D eigenvalue weighted by Gasteiger charge is 2.25. The number of hydroxylamine groups is 2. The predicted molar refractivity (Wildman–Crippen MR) is 58.3 cm³/mol. The largest absolute Gasteiger partial charge is 0.368 e. The van der Waals surface area contributed by atoms with Gasteiger partial charge in [-0.2, -0.15) is 0 Å². The lowest BCUT2D eigenvalue weighted by atomic mass is 10.1. The fourth-order valence-electron chi connectivity index (χ4n) is 1.78. The van der Waals surface area contributed by atoms with E-state index in [1.807, 2.05) is 0 Å². The van der Waals surface area contributed by atoms with Crippen molar-refractivity contribution in [3.05, 3.63) is 10.1 Å². The van der Waals surface area contributed by atoms with E-state index in [-0.39, 0.29) is 18.6 Å². The van der Waals surface area contributed by atoms with Gasteiger partial charge in [0.1, 0.15) is 6.61 Å². The third kappa shape index (κ3) is 4.99. The summed E-state index contributed by atoms with van der Waals surface area (Å²) in [5, 5.41) is 10.9. The summed E-state index contributed by atoms with van der Waals surface area (Å²) < 4.78 is 0. The second-order valence-corrected chi connectivity index (χ2v) is 3.98. The first-order valence-electron chi connectivity index (χ1n) is 5.88. The lowest BCUT2D eigenvalue weighted by Crippen LogP contribution is -2.40. The van der Waals surface area contributed by atoms with Crippen molar-refractivity contribution in [1.82, 2.24) is 5.06 Å². The molecule has 0 radical (unpaired) electrons. The molecule has 0 aromatic rings. The van der Waals surface area contributed by atoms with Crippen LogP contribution in [0.1, 0.15) is 39.0 Å². The van der Waals surface area contributed by atoms with Crippen LogP contribution >= 0.6 is 0 Å². The molecule has 0 aliphatic carbocycles. The SMILES string of the molecule is CCC(=O)ON1CCCCCC1CO[N+](=O)[O-]. The molecule has 1 atom stereocenters. The Labute approximate surface area is 99.7 Å². The van der Waals surface area contributed by atoms with Crippen molar-refractivity contribution in [3.8, 4) is 0 Å². The smallest absolute Gasteiger partial charge is 0.324 e. The second-order valence-electron chi connectivity index (χ2n) is 3.98. The van der Waals surface area contributed by atoms with Crippen molar-refractivity contribution in [2.45, 2.75) is 45.1 Å². The van der Waals surface area contributed by atoms with Crippen molar-refractivity contribution in [1.29, 1.82) is 0 Å². The number of carbonyl (C=O) groups is 1. The Kier molecular flexibility index (Phi) is 5.68. The molecule has 98 valence electrons. The average molecular weight is 246 g/mol. The molecule has 0 amide bonds. The Balaban J connectivity index is 2.52. The first-order valence-corrected chi connectivity index (χ1v) is 5.88. The van der Waals surface area contributed by atoms with Crippen LogP contribution in [0.3, 0.4) is 0 Å². The van der Waals surface area contributed by atoms with E-state index in [0.717, 1.165) is 25.7 Å². The summed E-state index contributed by atoms with van der Waals surface area (Å²) in [4.78, 5) is 30.9. The molecule has 1 aliphatic rings. The van der Waals surface area contributed by atoms with Gasteiger partial charge < -0.3 is 9.68 Å². The third-order valence-electron chi connectivity index (χ3n) is 2.70. The molecule has 1 aliphatic heterocycles. The maximum absolute atomic E-state index is 11.2. The number of rotatable bonds is 5. The van der Waals surface area contributed by atoms with Crippen LogP contribution in [-0.4, -0.2) is 35.3 Å². The molecule has 1 unspecified atom stereocenters. The van der Waals surface area contributed by atoms with Crippen molar-refractivity contribution >= 4 is 5.97 Å². The van der Waals surface area contributed by atoms with Crippen LogP contribution in [0.5, 0.6) is 0 Å². The number of hydrogen-bond donors (Lipinski definition) is 0. The van der Waals surface area contributed by atoms with Gasteiger partial charge in [0.15, 0.2) is 0 Å². The summed E-state index contributed by atoms with van der Waals surface area (Å²) in [5.41, 5.74) is 0. The molecule has 1 fully saturated rings. The molecule has 1 saturated heterocycles. The van der Waals surface area contributed by atoms with Crippen LogP contribution in [0.15, 0.2) is 0 Å². The van der Waals surface area contributed by atoms with Crippen molar-refractivity contribution in [2.24, 2.45) is 0 Å². The topological polar surface area (TPSA) is 81.9 Å². The summed E-state index contributed by atoms with van der Waals surface area (Å²) in [6, 6.07) is -0.224. The zero-order valence-electron chi connectivity index (χ0n) is 9.96. The normalized spacial score (nSPS) is 21.6. The molecule has 0 spiro atoms. The van der Waals surface area contributed by atoms with Crippen molar-refractivity contribution < 1.29 is 19.6 Å². The summed E-state index contributed by atoms with van der Waals surface area (Å²) in [5.74, 6) is -0.321. The standard InChI is InChI=1S/C10H18N2O5/c1-2-10(13)17-11-7-5-3-4-6-9(11)8-16-12(14)15/h9H,2-8H2,1H3. The fourth-order valence-corrected chi connectivity index (χ4v) is 1.78. The molecular weight excluding hydrogens is 228 g/mol. The molecule has 7 nitrogen and oxygen atoms in total. The molecule has 0 saturated carbocycles. The predicted octanol–water partition coefficient (Wildman–Crippen LogP) is 1.31. The van der Waals surface area contributed by atoms with Gasteiger partial charge in [0.05, 0.1) is 6.04 Å². The minimum absolute atomic E-state index is 0.0516. The van der Waals surface area contributed by atoms with E-state index in [1.54, 1.807) is 6.92 Å². The molecule has 0 N–H and O–H groups in total. The van der Waals surface area contributed by atoms with Crippen LogP contribution in [0.25, 0.3) is 0 Å².